The maximum atomic E-state index is 5.83. The number of hydrogen-bond donors (Lipinski definition) is 0. The van der Waals surface area contributed by atoms with Gasteiger partial charge in [-0.15, -0.1) is 0 Å². The number of fused-ring (bicyclic) bond motifs is 3. The van der Waals surface area contributed by atoms with E-state index in [1.165, 1.54) is 0 Å². The van der Waals surface area contributed by atoms with Gasteiger partial charge >= 0.3 is 0 Å². The number of nitrogens with zero attached hydrogens (tertiary/aromatic N) is 3. The maximum Gasteiger partial charge on any atom is 0.0985 e. The second-order valence-electron chi connectivity index (χ2n) is 7.42. The molecular weight excluding hydrogens is 410 g/mol. The van der Waals surface area contributed by atoms with Crippen LogP contribution in [0.1, 0.15) is 0 Å². The number of pyridine rings is 2. The topological polar surface area (TPSA) is 75.2 Å². The van der Waals surface area contributed by atoms with Crippen LogP contribution in [0.5, 0.6) is 0 Å². The predicted molar refractivity (Wildman–Crippen MR) is 123 cm³/mol. The number of benzene rings is 1. The van der Waals surface area contributed by atoms with E-state index in [2.05, 4.69) is 33.1 Å². The van der Waals surface area contributed by atoms with Crippen molar-refractivity contribution in [2.24, 2.45) is 0 Å². The van der Waals surface area contributed by atoms with Crippen LogP contribution in [0.2, 0.25) is 0 Å². The van der Waals surface area contributed by atoms with Crippen LogP contribution in [-0.4, -0.2) is 89.1 Å². The molecule has 172 valence electrons. The molecule has 1 saturated heterocycles. The van der Waals surface area contributed by atoms with Gasteiger partial charge in [0.05, 0.1) is 77.1 Å². The largest absolute Gasteiger partial charge is 0.377 e. The molecule has 8 heteroatoms. The number of ether oxygens (including phenoxy) is 5. The van der Waals surface area contributed by atoms with Gasteiger partial charge in [-0.1, -0.05) is 6.07 Å². The lowest BCUT2D eigenvalue weighted by Gasteiger charge is -2.26. The third-order valence-electron chi connectivity index (χ3n) is 5.28. The monoisotopic (exact) mass is 441 g/mol. The van der Waals surface area contributed by atoms with Crippen molar-refractivity contribution >= 4 is 27.5 Å². The molecule has 1 aliphatic rings. The summed E-state index contributed by atoms with van der Waals surface area (Å²) in [5, 5.41) is 2.14. The van der Waals surface area contributed by atoms with Crippen molar-refractivity contribution in [3.05, 3.63) is 42.7 Å². The molecule has 0 N–H and O–H groups in total. The molecule has 0 saturated carbocycles. The molecule has 32 heavy (non-hydrogen) atoms. The Bertz CT molecular complexity index is 953. The molecule has 0 radical (unpaired) electrons. The van der Waals surface area contributed by atoms with Gasteiger partial charge < -0.3 is 28.6 Å². The third kappa shape index (κ3) is 6.34. The summed E-state index contributed by atoms with van der Waals surface area (Å²) in [7, 11) is 0. The highest BCUT2D eigenvalue weighted by atomic mass is 16.6. The fourth-order valence-electron chi connectivity index (χ4n) is 3.70. The third-order valence-corrected chi connectivity index (χ3v) is 5.28. The number of anilines is 1. The van der Waals surface area contributed by atoms with E-state index >= 15 is 0 Å². The van der Waals surface area contributed by atoms with Gasteiger partial charge in [0.25, 0.3) is 0 Å². The van der Waals surface area contributed by atoms with E-state index in [4.69, 9.17) is 23.7 Å². The summed E-state index contributed by atoms with van der Waals surface area (Å²) < 4.78 is 28.2. The van der Waals surface area contributed by atoms with Crippen LogP contribution in [0.15, 0.2) is 42.7 Å². The molecule has 0 spiro atoms. The molecule has 8 nitrogen and oxygen atoms in total. The van der Waals surface area contributed by atoms with E-state index in [1.54, 1.807) is 0 Å². The van der Waals surface area contributed by atoms with Crippen LogP contribution >= 0.6 is 0 Å². The van der Waals surface area contributed by atoms with E-state index < -0.39 is 0 Å². The van der Waals surface area contributed by atoms with Crippen molar-refractivity contribution in [1.82, 2.24) is 9.97 Å². The summed E-state index contributed by atoms with van der Waals surface area (Å²) >= 11 is 0. The van der Waals surface area contributed by atoms with Crippen molar-refractivity contribution in [3.8, 4) is 0 Å². The molecule has 1 aromatic carbocycles. The fourth-order valence-corrected chi connectivity index (χ4v) is 3.70. The number of aromatic nitrogens is 2. The van der Waals surface area contributed by atoms with Crippen molar-refractivity contribution in [3.63, 3.8) is 0 Å². The molecule has 3 heterocycles. The Labute approximate surface area is 188 Å². The Kier molecular flexibility index (Phi) is 9.00. The molecule has 0 unspecified atom stereocenters. The standard InChI is InChI=1S/C24H31N3O5/c1-3-20-19-22(21-4-2-6-26-24(21)23(20)25-5-1)27-7-9-28-11-13-30-15-17-32-18-16-31-14-12-29-10-8-27/h1-6,19H,7-18H2. The molecular formula is C24H31N3O5. The molecule has 2 aromatic heterocycles. The van der Waals surface area contributed by atoms with E-state index in [0.717, 1.165) is 40.6 Å². The minimum absolute atomic E-state index is 0.553. The van der Waals surface area contributed by atoms with Crippen molar-refractivity contribution in [2.45, 2.75) is 0 Å². The average Bonchev–Trinajstić information content (AvgIpc) is 2.83. The first-order valence-corrected chi connectivity index (χ1v) is 11.2. The quantitative estimate of drug-likeness (QED) is 0.534. The predicted octanol–water partition coefficient (Wildman–Crippen LogP) is 2.69. The van der Waals surface area contributed by atoms with E-state index in [9.17, 15) is 0 Å². The lowest BCUT2D eigenvalue weighted by molar-refractivity contribution is -0.0116. The second-order valence-corrected chi connectivity index (χ2v) is 7.42. The molecule has 4 rings (SSSR count). The van der Waals surface area contributed by atoms with Crippen molar-refractivity contribution in [1.29, 1.82) is 0 Å². The molecule has 3 aromatic rings. The minimum atomic E-state index is 0.553. The Morgan fingerprint density at radius 2 is 1.09 bits per heavy atom. The Balaban J connectivity index is 1.51. The summed E-state index contributed by atoms with van der Waals surface area (Å²) in [5.74, 6) is 0. The van der Waals surface area contributed by atoms with Crippen LogP contribution in [0.3, 0.4) is 0 Å². The Hall–Kier alpha value is -2.36. The van der Waals surface area contributed by atoms with Crippen LogP contribution < -0.4 is 4.90 Å². The van der Waals surface area contributed by atoms with Crippen molar-refractivity contribution < 1.29 is 23.7 Å². The fraction of sp³-hybridized carbons (Fsp3) is 0.500. The lowest BCUT2D eigenvalue weighted by atomic mass is 10.1. The number of rotatable bonds is 1. The van der Waals surface area contributed by atoms with Crippen LogP contribution in [0.4, 0.5) is 5.69 Å². The first kappa shape index (κ1) is 22.8. The molecule has 0 atom stereocenters. The van der Waals surface area contributed by atoms with Gasteiger partial charge in [-0.25, -0.2) is 0 Å². The second kappa shape index (κ2) is 12.6. The molecule has 0 aliphatic carbocycles. The summed E-state index contributed by atoms with van der Waals surface area (Å²) in [4.78, 5) is 11.5. The highest BCUT2D eigenvalue weighted by Crippen LogP contribution is 2.31. The maximum absolute atomic E-state index is 5.83. The highest BCUT2D eigenvalue weighted by Gasteiger charge is 2.14. The molecule has 0 bridgehead atoms. The molecule has 1 aliphatic heterocycles. The van der Waals surface area contributed by atoms with E-state index in [0.29, 0.717) is 66.1 Å². The van der Waals surface area contributed by atoms with Gasteiger partial charge in [-0.3, -0.25) is 9.97 Å². The Morgan fingerprint density at radius 1 is 0.594 bits per heavy atom. The zero-order chi connectivity index (χ0) is 21.8. The van der Waals surface area contributed by atoms with Crippen LogP contribution in [0, 0.1) is 0 Å². The average molecular weight is 442 g/mol. The summed E-state index contributed by atoms with van der Waals surface area (Å²) in [6.45, 7) is 7.11. The lowest BCUT2D eigenvalue weighted by Crippen LogP contribution is -2.32. The first-order valence-electron chi connectivity index (χ1n) is 11.2. The smallest absolute Gasteiger partial charge is 0.0985 e. The first-order chi connectivity index (χ1) is 15.9. The van der Waals surface area contributed by atoms with Crippen molar-refractivity contribution in [2.75, 3.05) is 84.1 Å². The normalized spacial score (nSPS) is 18.9. The van der Waals surface area contributed by atoms with Gasteiger partial charge in [-0.05, 0) is 24.3 Å². The van der Waals surface area contributed by atoms with Crippen LogP contribution in [-0.2, 0) is 23.7 Å². The van der Waals surface area contributed by atoms with Gasteiger partial charge in [0.15, 0.2) is 0 Å². The van der Waals surface area contributed by atoms with Crippen LogP contribution in [0.25, 0.3) is 21.8 Å². The number of hydrogen-bond acceptors (Lipinski definition) is 8. The van der Waals surface area contributed by atoms with Gasteiger partial charge in [-0.2, -0.15) is 0 Å². The Morgan fingerprint density at radius 3 is 1.69 bits per heavy atom. The SMILES string of the molecule is c1cnc2c(c1)cc(N1CCOCCOCCOCCOCCOCC1)c1cccnc12. The zero-order valence-corrected chi connectivity index (χ0v) is 18.4. The van der Waals surface area contributed by atoms with E-state index in [1.807, 2.05) is 24.5 Å². The van der Waals surface area contributed by atoms with E-state index in [-0.39, 0.29) is 0 Å². The summed E-state index contributed by atoms with van der Waals surface area (Å²) in [5.41, 5.74) is 2.93. The minimum Gasteiger partial charge on any atom is -0.377 e. The van der Waals surface area contributed by atoms with Gasteiger partial charge in [0.2, 0.25) is 0 Å². The zero-order valence-electron chi connectivity index (χ0n) is 18.4. The van der Waals surface area contributed by atoms with Gasteiger partial charge in [0.1, 0.15) is 0 Å². The highest BCUT2D eigenvalue weighted by molar-refractivity contribution is 6.09. The molecule has 1 fully saturated rings. The summed E-state index contributed by atoms with van der Waals surface area (Å²) in [6.07, 6.45) is 3.63. The van der Waals surface area contributed by atoms with Gasteiger partial charge in [0, 0.05) is 41.9 Å². The summed E-state index contributed by atoms with van der Waals surface area (Å²) in [6, 6.07) is 10.3. The molecule has 0 amide bonds.